The molecule has 0 bridgehead atoms. The third-order valence-electron chi connectivity index (χ3n) is 2.22. The lowest BCUT2D eigenvalue weighted by molar-refractivity contribution is 0.832. The van der Waals surface area contributed by atoms with Gasteiger partial charge < -0.3 is 0 Å². The van der Waals surface area contributed by atoms with Crippen LogP contribution in [0.1, 0.15) is 36.8 Å². The van der Waals surface area contributed by atoms with Gasteiger partial charge in [0.05, 0.1) is 5.69 Å². The number of rotatable bonds is 3. The summed E-state index contributed by atoms with van der Waals surface area (Å²) in [5.74, 6) is 0.908. The smallest absolute Gasteiger partial charge is 0.137 e. The van der Waals surface area contributed by atoms with Crippen molar-refractivity contribution in [2.75, 3.05) is 0 Å². The van der Waals surface area contributed by atoms with Crippen LogP contribution in [-0.4, -0.2) is 9.97 Å². The molecule has 15 heavy (non-hydrogen) atoms. The minimum absolute atomic E-state index is 0.173. The maximum absolute atomic E-state index is 6.02. The van der Waals surface area contributed by atoms with Gasteiger partial charge in [-0.15, -0.1) is 0 Å². The van der Waals surface area contributed by atoms with Crippen molar-refractivity contribution in [1.82, 2.24) is 9.97 Å². The van der Waals surface area contributed by atoms with Crippen LogP contribution in [0.4, 0.5) is 0 Å². The fourth-order valence-corrected chi connectivity index (χ4v) is 1.48. The molecule has 0 N–H and O–H groups in total. The van der Waals surface area contributed by atoms with Gasteiger partial charge in [0.2, 0.25) is 0 Å². The SMILES string of the molecule is C=Cc1nc([C@H](C)/C=C\C)nc(Cl)c1C. The van der Waals surface area contributed by atoms with E-state index < -0.39 is 0 Å². The first-order valence-corrected chi connectivity index (χ1v) is 5.27. The predicted octanol–water partition coefficient (Wildman–Crippen LogP) is 3.76. The minimum atomic E-state index is 0.173. The number of aromatic nitrogens is 2. The maximum Gasteiger partial charge on any atom is 0.137 e. The molecule has 0 unspecified atom stereocenters. The Bertz CT molecular complexity index is 397. The van der Waals surface area contributed by atoms with E-state index >= 15 is 0 Å². The van der Waals surface area contributed by atoms with Gasteiger partial charge in [0.15, 0.2) is 0 Å². The highest BCUT2D eigenvalue weighted by Crippen LogP contribution is 2.20. The van der Waals surface area contributed by atoms with E-state index in [9.17, 15) is 0 Å². The fraction of sp³-hybridized carbons (Fsp3) is 0.333. The second kappa shape index (κ2) is 5.08. The summed E-state index contributed by atoms with van der Waals surface area (Å²) in [6.45, 7) is 9.61. The Hall–Kier alpha value is -1.15. The van der Waals surface area contributed by atoms with Gasteiger partial charge in [0, 0.05) is 11.5 Å². The normalized spacial score (nSPS) is 13.1. The predicted molar refractivity (Wildman–Crippen MR) is 65.1 cm³/mol. The van der Waals surface area contributed by atoms with Gasteiger partial charge >= 0.3 is 0 Å². The Morgan fingerprint density at radius 3 is 2.60 bits per heavy atom. The van der Waals surface area contributed by atoms with Crippen molar-refractivity contribution < 1.29 is 0 Å². The highest BCUT2D eigenvalue weighted by Gasteiger charge is 2.10. The second-order valence-electron chi connectivity index (χ2n) is 3.40. The zero-order valence-electron chi connectivity index (χ0n) is 9.29. The van der Waals surface area contributed by atoms with Crippen LogP contribution in [0, 0.1) is 6.92 Å². The van der Waals surface area contributed by atoms with Crippen molar-refractivity contribution in [3.63, 3.8) is 0 Å². The minimum Gasteiger partial charge on any atom is -0.233 e. The number of hydrogen-bond donors (Lipinski definition) is 0. The van der Waals surface area contributed by atoms with Gasteiger partial charge in [0.1, 0.15) is 11.0 Å². The van der Waals surface area contributed by atoms with Crippen molar-refractivity contribution >= 4 is 17.7 Å². The third kappa shape index (κ3) is 2.66. The van der Waals surface area contributed by atoms with E-state index in [0.29, 0.717) is 5.15 Å². The van der Waals surface area contributed by atoms with Crippen LogP contribution in [0.3, 0.4) is 0 Å². The molecule has 1 rings (SSSR count). The van der Waals surface area contributed by atoms with Crippen LogP contribution in [0.15, 0.2) is 18.7 Å². The van der Waals surface area contributed by atoms with Gasteiger partial charge in [-0.2, -0.15) is 0 Å². The molecule has 0 aliphatic rings. The molecule has 3 heteroatoms. The molecule has 2 nitrogen and oxygen atoms in total. The third-order valence-corrected chi connectivity index (χ3v) is 2.59. The first-order valence-electron chi connectivity index (χ1n) is 4.89. The molecule has 1 heterocycles. The summed E-state index contributed by atoms with van der Waals surface area (Å²) in [6.07, 6.45) is 5.72. The van der Waals surface area contributed by atoms with E-state index in [1.54, 1.807) is 6.08 Å². The Balaban J connectivity index is 3.21. The van der Waals surface area contributed by atoms with E-state index in [4.69, 9.17) is 11.6 Å². The molecule has 1 aromatic heterocycles. The van der Waals surface area contributed by atoms with Gasteiger partial charge in [-0.25, -0.2) is 9.97 Å². The first kappa shape index (κ1) is 11.9. The van der Waals surface area contributed by atoms with Crippen LogP contribution >= 0.6 is 11.6 Å². The summed E-state index contributed by atoms with van der Waals surface area (Å²) in [6, 6.07) is 0. The van der Waals surface area contributed by atoms with Gasteiger partial charge in [-0.3, -0.25) is 0 Å². The van der Waals surface area contributed by atoms with Crippen LogP contribution in [0.5, 0.6) is 0 Å². The Labute approximate surface area is 95.7 Å². The van der Waals surface area contributed by atoms with E-state index in [1.165, 1.54) is 0 Å². The summed E-state index contributed by atoms with van der Waals surface area (Å²) in [7, 11) is 0. The van der Waals surface area contributed by atoms with Crippen molar-refractivity contribution in [3.8, 4) is 0 Å². The first-order chi connectivity index (χ1) is 7.10. The zero-order chi connectivity index (χ0) is 11.4. The molecule has 0 aliphatic heterocycles. The average molecular weight is 223 g/mol. The average Bonchev–Trinajstić information content (AvgIpc) is 2.22. The highest BCUT2D eigenvalue weighted by molar-refractivity contribution is 6.30. The molecule has 0 fully saturated rings. The van der Waals surface area contributed by atoms with Crippen LogP contribution in [0.25, 0.3) is 6.08 Å². The molecule has 0 aromatic carbocycles. The molecule has 0 amide bonds. The highest BCUT2D eigenvalue weighted by atomic mass is 35.5. The summed E-state index contributed by atoms with van der Waals surface area (Å²) < 4.78 is 0. The van der Waals surface area contributed by atoms with Crippen LogP contribution in [-0.2, 0) is 0 Å². The van der Waals surface area contributed by atoms with Gasteiger partial charge in [-0.1, -0.05) is 37.3 Å². The summed E-state index contributed by atoms with van der Waals surface area (Å²) >= 11 is 6.02. The summed E-state index contributed by atoms with van der Waals surface area (Å²) in [5.41, 5.74) is 1.68. The Kier molecular flexibility index (Phi) is 4.04. The molecule has 0 aliphatic carbocycles. The van der Waals surface area contributed by atoms with Crippen molar-refractivity contribution in [1.29, 1.82) is 0 Å². The molecule has 0 saturated heterocycles. The monoisotopic (exact) mass is 222 g/mol. The number of nitrogens with zero attached hydrogens (tertiary/aromatic N) is 2. The number of hydrogen-bond acceptors (Lipinski definition) is 2. The quantitative estimate of drug-likeness (QED) is 0.575. The van der Waals surface area contributed by atoms with Crippen LogP contribution < -0.4 is 0 Å². The summed E-state index contributed by atoms with van der Waals surface area (Å²) in [4.78, 5) is 8.66. The Morgan fingerprint density at radius 2 is 2.07 bits per heavy atom. The lowest BCUT2D eigenvalue weighted by atomic mass is 10.1. The van der Waals surface area contributed by atoms with Crippen LogP contribution in [0.2, 0.25) is 5.15 Å². The lowest BCUT2D eigenvalue weighted by Gasteiger charge is -2.09. The number of halogens is 1. The Morgan fingerprint density at radius 1 is 1.40 bits per heavy atom. The second-order valence-corrected chi connectivity index (χ2v) is 3.76. The molecule has 80 valence electrons. The van der Waals surface area contributed by atoms with Crippen molar-refractivity contribution in [3.05, 3.63) is 41.0 Å². The fourth-order valence-electron chi connectivity index (χ4n) is 1.30. The molecular weight excluding hydrogens is 208 g/mol. The molecule has 1 atom stereocenters. The van der Waals surface area contributed by atoms with E-state index in [1.807, 2.05) is 32.9 Å². The lowest BCUT2D eigenvalue weighted by Crippen LogP contribution is -2.02. The van der Waals surface area contributed by atoms with Gasteiger partial charge in [-0.05, 0) is 19.9 Å². The van der Waals surface area contributed by atoms with E-state index in [-0.39, 0.29) is 5.92 Å². The van der Waals surface area contributed by atoms with E-state index in [2.05, 4.69) is 16.5 Å². The number of allylic oxidation sites excluding steroid dienone is 2. The van der Waals surface area contributed by atoms with Crippen molar-refractivity contribution in [2.45, 2.75) is 26.7 Å². The maximum atomic E-state index is 6.02. The zero-order valence-corrected chi connectivity index (χ0v) is 10.0. The largest absolute Gasteiger partial charge is 0.233 e. The molecule has 0 radical (unpaired) electrons. The summed E-state index contributed by atoms with van der Waals surface area (Å²) in [5, 5.41) is 0.506. The molecule has 0 spiro atoms. The molecule has 1 aromatic rings. The topological polar surface area (TPSA) is 25.8 Å². The molecular formula is C12H15ClN2. The standard InChI is InChI=1S/C12H15ClN2/c1-5-7-8(3)12-14-10(6-2)9(4)11(13)15-12/h5-8H,2H2,1,3-4H3/b7-5-/t8-/m1/s1. The molecule has 0 saturated carbocycles. The van der Waals surface area contributed by atoms with Gasteiger partial charge in [0.25, 0.3) is 0 Å². The van der Waals surface area contributed by atoms with Crippen molar-refractivity contribution in [2.24, 2.45) is 0 Å². The van der Waals surface area contributed by atoms with E-state index in [0.717, 1.165) is 17.1 Å².